The maximum absolute atomic E-state index is 11.0. The molecule has 0 aromatic heterocycles. The van der Waals surface area contributed by atoms with Crippen LogP contribution in [-0.4, -0.2) is 10.6 Å². The third-order valence-electron chi connectivity index (χ3n) is 1.57. The van der Waals surface area contributed by atoms with Crippen molar-refractivity contribution in [3.8, 4) is 0 Å². The molecule has 3 heteroatoms. The molecular weight excluding hydrogens is 243 g/mol. The van der Waals surface area contributed by atoms with Crippen LogP contribution in [0.3, 0.4) is 0 Å². The Balaban J connectivity index is 3.71. The third kappa shape index (κ3) is 3.39. The molecule has 0 amide bonds. The monoisotopic (exact) mass is 256 g/mol. The summed E-state index contributed by atoms with van der Waals surface area (Å²) in [6.45, 7) is 5.91. The lowest BCUT2D eigenvalue weighted by atomic mass is 9.99. The van der Waals surface area contributed by atoms with Crippen LogP contribution < -0.4 is 0 Å². The highest BCUT2D eigenvalue weighted by atomic mass is 127. The SMILES string of the molecule is CC(C)[C@H](C)C(=O)OCI. The molecule has 0 unspecified atom stereocenters. The van der Waals surface area contributed by atoms with Crippen LogP contribution in [0.5, 0.6) is 0 Å². The number of rotatable bonds is 3. The number of carbonyl (C=O) groups is 1. The molecule has 0 aromatic rings. The maximum Gasteiger partial charge on any atom is 0.309 e. The van der Waals surface area contributed by atoms with Gasteiger partial charge in [-0.3, -0.25) is 4.79 Å². The topological polar surface area (TPSA) is 26.3 Å². The summed E-state index contributed by atoms with van der Waals surface area (Å²) < 4.78 is 5.26. The van der Waals surface area contributed by atoms with Gasteiger partial charge in [0.1, 0.15) is 4.61 Å². The molecule has 0 aromatic carbocycles. The fourth-order valence-electron chi connectivity index (χ4n) is 0.457. The van der Waals surface area contributed by atoms with Gasteiger partial charge in [-0.25, -0.2) is 0 Å². The predicted molar refractivity (Wildman–Crippen MR) is 49.0 cm³/mol. The Morgan fingerprint density at radius 1 is 1.50 bits per heavy atom. The Kier molecular flexibility index (Phi) is 5.03. The number of hydrogen-bond donors (Lipinski definition) is 0. The van der Waals surface area contributed by atoms with Gasteiger partial charge in [-0.05, 0) is 28.5 Å². The Morgan fingerprint density at radius 2 is 2.00 bits per heavy atom. The van der Waals surface area contributed by atoms with E-state index in [2.05, 4.69) is 0 Å². The van der Waals surface area contributed by atoms with Crippen molar-refractivity contribution >= 4 is 28.6 Å². The second kappa shape index (κ2) is 4.93. The normalized spacial score (nSPS) is 13.3. The minimum absolute atomic E-state index is 0.0229. The van der Waals surface area contributed by atoms with E-state index in [-0.39, 0.29) is 11.9 Å². The smallest absolute Gasteiger partial charge is 0.309 e. The highest BCUT2D eigenvalue weighted by molar-refractivity contribution is 14.1. The van der Waals surface area contributed by atoms with Gasteiger partial charge in [-0.15, -0.1) is 0 Å². The lowest BCUT2D eigenvalue weighted by Gasteiger charge is -2.12. The minimum Gasteiger partial charge on any atom is -0.455 e. The second-order valence-electron chi connectivity index (χ2n) is 2.61. The highest BCUT2D eigenvalue weighted by Crippen LogP contribution is 2.11. The summed E-state index contributed by atoms with van der Waals surface area (Å²) >= 11 is 2.02. The Hall–Kier alpha value is 0.200. The van der Waals surface area contributed by atoms with Crippen LogP contribution >= 0.6 is 22.6 Å². The van der Waals surface area contributed by atoms with Crippen molar-refractivity contribution in [2.45, 2.75) is 20.8 Å². The van der Waals surface area contributed by atoms with Crippen LogP contribution in [0.15, 0.2) is 0 Å². The van der Waals surface area contributed by atoms with Crippen LogP contribution in [0.25, 0.3) is 0 Å². The number of halogens is 1. The molecule has 0 radical (unpaired) electrons. The molecule has 0 N–H and O–H groups in total. The lowest BCUT2D eigenvalue weighted by molar-refractivity contribution is -0.146. The number of esters is 1. The molecule has 0 spiro atoms. The van der Waals surface area contributed by atoms with Gasteiger partial charge in [0.15, 0.2) is 0 Å². The molecule has 0 aliphatic carbocycles. The summed E-state index contributed by atoms with van der Waals surface area (Å²) in [6.07, 6.45) is 0. The van der Waals surface area contributed by atoms with Gasteiger partial charge in [-0.1, -0.05) is 20.8 Å². The molecule has 2 nitrogen and oxygen atoms in total. The molecule has 0 saturated heterocycles. The summed E-state index contributed by atoms with van der Waals surface area (Å²) in [5, 5.41) is 0. The first-order valence-corrected chi connectivity index (χ1v) is 4.84. The van der Waals surface area contributed by atoms with Crippen LogP contribution in [-0.2, 0) is 9.53 Å². The van der Waals surface area contributed by atoms with E-state index >= 15 is 0 Å². The average Bonchev–Trinajstić information content (AvgIpc) is 1.87. The van der Waals surface area contributed by atoms with E-state index in [1.54, 1.807) is 0 Å². The van der Waals surface area contributed by atoms with E-state index in [9.17, 15) is 4.79 Å². The molecule has 0 rings (SSSR count). The van der Waals surface area contributed by atoms with Crippen molar-refractivity contribution in [1.29, 1.82) is 0 Å². The van der Waals surface area contributed by atoms with Crippen molar-refractivity contribution in [2.75, 3.05) is 4.61 Å². The van der Waals surface area contributed by atoms with Crippen LogP contribution in [0.1, 0.15) is 20.8 Å². The first-order chi connectivity index (χ1) is 4.59. The van der Waals surface area contributed by atoms with Gasteiger partial charge in [-0.2, -0.15) is 0 Å². The van der Waals surface area contributed by atoms with Gasteiger partial charge in [0.25, 0.3) is 0 Å². The molecule has 1 atom stereocenters. The van der Waals surface area contributed by atoms with Gasteiger partial charge in [0.05, 0.1) is 5.92 Å². The van der Waals surface area contributed by atoms with Crippen molar-refractivity contribution in [1.82, 2.24) is 0 Å². The summed E-state index contributed by atoms with van der Waals surface area (Å²) in [5.41, 5.74) is 0. The van der Waals surface area contributed by atoms with E-state index < -0.39 is 0 Å². The molecule has 10 heavy (non-hydrogen) atoms. The zero-order chi connectivity index (χ0) is 8.15. The van der Waals surface area contributed by atoms with Gasteiger partial charge in [0, 0.05) is 0 Å². The maximum atomic E-state index is 11.0. The number of alkyl halides is 1. The average molecular weight is 256 g/mol. The summed E-state index contributed by atoms with van der Waals surface area (Å²) in [6, 6.07) is 0. The molecule has 0 aliphatic rings. The summed E-state index contributed by atoms with van der Waals surface area (Å²) in [5.74, 6) is 0.301. The first kappa shape index (κ1) is 10.2. The second-order valence-corrected chi connectivity index (χ2v) is 3.23. The lowest BCUT2D eigenvalue weighted by Crippen LogP contribution is -2.18. The standard InChI is InChI=1S/C7H13IO2/c1-5(2)6(3)7(9)10-4-8/h5-6H,4H2,1-3H3/t6-/m0/s1. The Bertz CT molecular complexity index is 112. The van der Waals surface area contributed by atoms with Crippen LogP contribution in [0.4, 0.5) is 0 Å². The molecule has 0 saturated carbocycles. The predicted octanol–water partition coefficient (Wildman–Crippen LogP) is 2.21. The number of carbonyl (C=O) groups excluding carboxylic acids is 1. The first-order valence-electron chi connectivity index (χ1n) is 3.32. The van der Waals surface area contributed by atoms with Crippen molar-refractivity contribution in [3.05, 3.63) is 0 Å². The van der Waals surface area contributed by atoms with E-state index in [1.807, 2.05) is 43.4 Å². The van der Waals surface area contributed by atoms with Gasteiger partial charge >= 0.3 is 5.97 Å². The molecule has 0 aliphatic heterocycles. The molecule has 60 valence electrons. The Morgan fingerprint density at radius 3 is 2.30 bits per heavy atom. The van der Waals surface area contributed by atoms with Crippen LogP contribution in [0, 0.1) is 11.8 Å². The van der Waals surface area contributed by atoms with Crippen molar-refractivity contribution in [3.63, 3.8) is 0 Å². The van der Waals surface area contributed by atoms with E-state index in [0.29, 0.717) is 10.5 Å². The minimum atomic E-state index is -0.0931. The van der Waals surface area contributed by atoms with Crippen molar-refractivity contribution < 1.29 is 9.53 Å². The van der Waals surface area contributed by atoms with Crippen molar-refractivity contribution in [2.24, 2.45) is 11.8 Å². The van der Waals surface area contributed by atoms with E-state index in [4.69, 9.17) is 4.74 Å². The van der Waals surface area contributed by atoms with Crippen LogP contribution in [0.2, 0.25) is 0 Å². The fraction of sp³-hybridized carbons (Fsp3) is 0.857. The molecule has 0 fully saturated rings. The summed E-state index contributed by atoms with van der Waals surface area (Å²) in [4.78, 5) is 11.0. The largest absolute Gasteiger partial charge is 0.455 e. The third-order valence-corrected chi connectivity index (χ3v) is 1.88. The Labute approximate surface area is 75.5 Å². The van der Waals surface area contributed by atoms with E-state index in [0.717, 1.165) is 0 Å². The molecular formula is C7H13IO2. The zero-order valence-electron chi connectivity index (χ0n) is 6.56. The molecule has 0 heterocycles. The van der Waals surface area contributed by atoms with Gasteiger partial charge < -0.3 is 4.74 Å². The number of hydrogen-bond acceptors (Lipinski definition) is 2. The highest BCUT2D eigenvalue weighted by Gasteiger charge is 2.16. The fourth-order valence-corrected chi connectivity index (χ4v) is 0.764. The zero-order valence-corrected chi connectivity index (χ0v) is 8.71. The van der Waals surface area contributed by atoms with Gasteiger partial charge in [0.2, 0.25) is 0 Å². The molecule has 0 bridgehead atoms. The quantitative estimate of drug-likeness (QED) is 0.439. The number of ether oxygens (including phenoxy) is 1. The summed E-state index contributed by atoms with van der Waals surface area (Å²) in [7, 11) is 0. The van der Waals surface area contributed by atoms with E-state index in [1.165, 1.54) is 0 Å².